The molecular weight excluding hydrogens is 695 g/mol. The van der Waals surface area contributed by atoms with E-state index in [2.05, 4.69) is 20.8 Å². The van der Waals surface area contributed by atoms with Crippen LogP contribution in [0, 0.1) is 0 Å². The third-order valence-corrected chi connectivity index (χ3v) is 8.53. The van der Waals surface area contributed by atoms with E-state index in [4.69, 9.17) is 23.6 Å². The van der Waals surface area contributed by atoms with E-state index in [0.717, 1.165) is 29.6 Å². The lowest BCUT2D eigenvalue weighted by atomic mass is 10.1. The number of carbonyl (C=O) groups is 3. The molecule has 4 N–H and O–H groups in total. The average molecular weight is 740 g/mol. The van der Waals surface area contributed by atoms with E-state index in [0.29, 0.717) is 25.3 Å². The Labute approximate surface area is 293 Å². The molecule has 3 rings (SSSR count). The summed E-state index contributed by atoms with van der Waals surface area (Å²) in [5, 5.41) is 19.8. The quantitative estimate of drug-likeness (QED) is 0.0547. The number of amides is 2. The molecule has 274 valence electrons. The van der Waals surface area contributed by atoms with E-state index in [1.807, 2.05) is 28.8 Å². The average Bonchev–Trinajstić information content (AvgIpc) is 3.61. The minimum atomic E-state index is -4.49. The summed E-state index contributed by atoms with van der Waals surface area (Å²) in [6, 6.07) is 6.92. The van der Waals surface area contributed by atoms with Crippen molar-refractivity contribution in [3.63, 3.8) is 0 Å². The summed E-state index contributed by atoms with van der Waals surface area (Å²) >= 11 is 0.913. The van der Waals surface area contributed by atoms with Crippen molar-refractivity contribution in [3.05, 3.63) is 47.7 Å². The van der Waals surface area contributed by atoms with Crippen LogP contribution >= 0.6 is 18.9 Å². The van der Waals surface area contributed by atoms with Crippen molar-refractivity contribution in [1.29, 1.82) is 0 Å². The summed E-state index contributed by atoms with van der Waals surface area (Å²) in [6.45, 7) is 11.0. The summed E-state index contributed by atoms with van der Waals surface area (Å²) in [7, 11) is -1.60. The van der Waals surface area contributed by atoms with Crippen LogP contribution in [0.15, 0.2) is 47.2 Å². The number of alkyl carbamates (subject to hydrolysis) is 1. The molecule has 1 unspecified atom stereocenters. The van der Waals surface area contributed by atoms with Crippen LogP contribution < -0.4 is 20.1 Å². The first-order chi connectivity index (χ1) is 23.3. The highest BCUT2D eigenvalue weighted by molar-refractivity contribution is 7.53. The second-order valence-electron chi connectivity index (χ2n) is 12.8. The largest absolute Gasteiger partial charge is 0.489 e. The van der Waals surface area contributed by atoms with E-state index in [9.17, 15) is 28.9 Å². The maximum atomic E-state index is 12.7. The van der Waals surface area contributed by atoms with Crippen LogP contribution in [-0.2, 0) is 41.8 Å². The lowest BCUT2D eigenvalue weighted by Gasteiger charge is -2.20. The topological polar surface area (TPSA) is 213 Å². The number of anilines is 1. The van der Waals surface area contributed by atoms with Gasteiger partial charge in [0.2, 0.25) is 11.9 Å². The standard InChI is InChI=1S/C31H43N6O11PS/c1-30(2,3)46-28(40)32-14-9-15-37-17-21(16-36(37)7)20-10-12-22(13-11-20)45-18-24(49(42,43)44-8)48-35-25(26(38)39)23-19-50-27(33-23)34-29(41)47-31(4,5)6/h10-13,16-17,19,24H,9,14-15,18H2,1-8H3,(H3-,32,33,34,38,39,40,41,42,43)/p+1/b35-25-/t24-/m1/s1. The molecule has 3 aromatic rings. The molecule has 1 aromatic carbocycles. The number of ether oxygens (including phenoxy) is 3. The fourth-order valence-corrected chi connectivity index (χ4v) is 5.38. The third kappa shape index (κ3) is 12.7. The van der Waals surface area contributed by atoms with Crippen molar-refractivity contribution in [3.8, 4) is 16.9 Å². The van der Waals surface area contributed by atoms with Gasteiger partial charge in [0, 0.05) is 19.0 Å². The molecule has 0 saturated carbocycles. The van der Waals surface area contributed by atoms with Crippen LogP contribution in [0.3, 0.4) is 0 Å². The van der Waals surface area contributed by atoms with Gasteiger partial charge in [0.15, 0.2) is 12.2 Å². The highest BCUT2D eigenvalue weighted by Crippen LogP contribution is 2.47. The van der Waals surface area contributed by atoms with E-state index in [1.54, 1.807) is 65.8 Å². The smallest absolute Gasteiger partial charge is 0.413 e. The van der Waals surface area contributed by atoms with Gasteiger partial charge in [-0.2, -0.15) is 4.68 Å². The molecule has 17 nitrogen and oxygen atoms in total. The summed E-state index contributed by atoms with van der Waals surface area (Å²) in [4.78, 5) is 55.4. The molecule has 0 fully saturated rings. The number of hydrogen-bond acceptors (Lipinski definition) is 12. The van der Waals surface area contributed by atoms with Gasteiger partial charge in [-0.15, -0.1) is 16.0 Å². The Balaban J connectivity index is 1.63. The van der Waals surface area contributed by atoms with Crippen LogP contribution in [0.1, 0.15) is 53.7 Å². The molecule has 0 aliphatic carbocycles. The number of thiazole rings is 1. The van der Waals surface area contributed by atoms with Gasteiger partial charge in [0.1, 0.15) is 29.3 Å². The molecule has 0 radical (unpaired) electrons. The van der Waals surface area contributed by atoms with Crippen molar-refractivity contribution in [2.75, 3.05) is 25.6 Å². The van der Waals surface area contributed by atoms with Crippen molar-refractivity contribution in [2.45, 2.75) is 71.6 Å². The lowest BCUT2D eigenvalue weighted by molar-refractivity contribution is -0.753. The van der Waals surface area contributed by atoms with Gasteiger partial charge in [-0.05, 0) is 65.7 Å². The lowest BCUT2D eigenvalue weighted by Crippen LogP contribution is -2.39. The number of aliphatic carboxylic acids is 1. The van der Waals surface area contributed by atoms with Gasteiger partial charge in [0.25, 0.3) is 5.85 Å². The van der Waals surface area contributed by atoms with Gasteiger partial charge >= 0.3 is 25.8 Å². The first-order valence-electron chi connectivity index (χ1n) is 15.3. The zero-order valence-electron chi connectivity index (χ0n) is 29.2. The summed E-state index contributed by atoms with van der Waals surface area (Å²) < 4.78 is 37.5. The molecular formula is C31H44N6O11PS+. The maximum Gasteiger partial charge on any atom is 0.413 e. The molecule has 0 bridgehead atoms. The van der Waals surface area contributed by atoms with Crippen LogP contribution in [0.5, 0.6) is 5.75 Å². The maximum absolute atomic E-state index is 12.7. The number of hydrogen-bond donors (Lipinski definition) is 4. The molecule has 0 saturated heterocycles. The zero-order valence-corrected chi connectivity index (χ0v) is 30.9. The SMILES string of the molecule is COP(=O)(O)[C@H](COc1ccc(-c2cn(CCCNC(=O)OC(C)(C)C)[n+](C)c2)cc1)O/N=C(\C(=O)O)c1csc(NC(=O)OC(C)(C)C)n1. The predicted molar refractivity (Wildman–Crippen MR) is 183 cm³/mol. The molecule has 19 heteroatoms. The van der Waals surface area contributed by atoms with E-state index in [1.165, 1.54) is 5.38 Å². The van der Waals surface area contributed by atoms with Gasteiger partial charge < -0.3 is 38.9 Å². The number of benzene rings is 1. The van der Waals surface area contributed by atoms with Crippen molar-refractivity contribution in [1.82, 2.24) is 15.0 Å². The zero-order chi connectivity index (χ0) is 37.3. The Hall–Kier alpha value is -4.51. The Morgan fingerprint density at radius 3 is 2.30 bits per heavy atom. The number of aryl methyl sites for hydroxylation is 2. The third-order valence-electron chi connectivity index (χ3n) is 6.28. The number of nitrogens with one attached hydrogen (secondary N) is 2. The molecule has 0 spiro atoms. The van der Waals surface area contributed by atoms with Crippen molar-refractivity contribution < 1.29 is 57.2 Å². The predicted octanol–water partition coefficient (Wildman–Crippen LogP) is 4.74. The molecule has 2 amide bonds. The first kappa shape index (κ1) is 39.9. The van der Waals surface area contributed by atoms with Crippen LogP contribution in [0.25, 0.3) is 11.1 Å². The van der Waals surface area contributed by atoms with Crippen molar-refractivity contribution >= 4 is 47.9 Å². The minimum absolute atomic E-state index is 0.0363. The monoisotopic (exact) mass is 739 g/mol. The van der Waals surface area contributed by atoms with Gasteiger partial charge in [-0.1, -0.05) is 17.3 Å². The number of aromatic nitrogens is 3. The fourth-order valence-electron chi connectivity index (χ4n) is 4.03. The highest BCUT2D eigenvalue weighted by atomic mass is 32.1. The Kier molecular flexibility index (Phi) is 13.5. The van der Waals surface area contributed by atoms with E-state index < -0.39 is 55.1 Å². The summed E-state index contributed by atoms with van der Waals surface area (Å²) in [5.41, 5.74) is -0.401. The molecule has 0 aliphatic heterocycles. The Morgan fingerprint density at radius 1 is 1.06 bits per heavy atom. The number of rotatable bonds is 15. The molecule has 2 atom stereocenters. The second-order valence-corrected chi connectivity index (χ2v) is 15.7. The van der Waals surface area contributed by atoms with Gasteiger partial charge in [-0.3, -0.25) is 9.88 Å². The number of carboxylic acids is 1. The molecule has 0 aliphatic rings. The molecule has 2 heterocycles. The number of oxime groups is 1. The minimum Gasteiger partial charge on any atom is -0.489 e. The number of carboxylic acid groups (broad SMARTS) is 1. The second kappa shape index (κ2) is 16.9. The van der Waals surface area contributed by atoms with Crippen molar-refractivity contribution in [2.24, 2.45) is 12.2 Å². The number of carbonyl (C=O) groups excluding carboxylic acids is 2. The number of nitrogens with zero attached hydrogens (tertiary/aromatic N) is 4. The van der Waals surface area contributed by atoms with E-state index >= 15 is 0 Å². The normalized spacial score (nSPS) is 13.9. The molecule has 50 heavy (non-hydrogen) atoms. The fraction of sp³-hybridized carbons (Fsp3) is 0.484. The summed E-state index contributed by atoms with van der Waals surface area (Å²) in [5.74, 6) is -2.92. The van der Waals surface area contributed by atoms with Gasteiger partial charge in [-0.25, -0.2) is 19.4 Å². The van der Waals surface area contributed by atoms with Crippen LogP contribution in [0.4, 0.5) is 14.7 Å². The highest BCUT2D eigenvalue weighted by Gasteiger charge is 2.36. The Morgan fingerprint density at radius 2 is 1.70 bits per heavy atom. The van der Waals surface area contributed by atoms with Crippen LogP contribution in [-0.4, -0.2) is 80.8 Å². The van der Waals surface area contributed by atoms with Gasteiger partial charge in [0.05, 0.1) is 18.3 Å². The van der Waals surface area contributed by atoms with Crippen LogP contribution in [0.2, 0.25) is 0 Å². The first-order valence-corrected chi connectivity index (χ1v) is 17.9. The van der Waals surface area contributed by atoms with E-state index in [-0.39, 0.29) is 10.8 Å². The Bertz CT molecular complexity index is 1710. The molecule has 2 aromatic heterocycles. The summed E-state index contributed by atoms with van der Waals surface area (Å²) in [6.07, 6.45) is 3.34.